The van der Waals surface area contributed by atoms with Crippen LogP contribution in [0.2, 0.25) is 0 Å². The van der Waals surface area contributed by atoms with E-state index in [0.717, 1.165) is 59.0 Å². The van der Waals surface area contributed by atoms with Gasteiger partial charge in [0.05, 0.1) is 38.8 Å². The van der Waals surface area contributed by atoms with Gasteiger partial charge in [0.15, 0.2) is 5.82 Å². The molecule has 0 bridgehead atoms. The molecule has 0 radical (unpaired) electrons. The van der Waals surface area contributed by atoms with E-state index >= 15 is 0 Å². The van der Waals surface area contributed by atoms with Gasteiger partial charge in [-0.2, -0.15) is 9.97 Å². The van der Waals surface area contributed by atoms with Crippen molar-refractivity contribution >= 4 is 17.5 Å². The van der Waals surface area contributed by atoms with Gasteiger partial charge in [-0.1, -0.05) is 24.3 Å². The van der Waals surface area contributed by atoms with Crippen molar-refractivity contribution in [2.45, 2.75) is 33.0 Å². The van der Waals surface area contributed by atoms with Gasteiger partial charge in [-0.25, -0.2) is 15.0 Å². The molecular formula is C37H42N8O4. The first-order valence-electron chi connectivity index (χ1n) is 16.3. The molecule has 5 aromatic rings. The number of ether oxygens (including phenoxy) is 3. The fourth-order valence-corrected chi connectivity index (χ4v) is 5.87. The highest BCUT2D eigenvalue weighted by atomic mass is 16.5. The van der Waals surface area contributed by atoms with Crippen molar-refractivity contribution in [1.82, 2.24) is 29.8 Å². The van der Waals surface area contributed by atoms with Gasteiger partial charge >= 0.3 is 0 Å². The van der Waals surface area contributed by atoms with Gasteiger partial charge < -0.3 is 29.5 Å². The Kier molecular flexibility index (Phi) is 10.8. The van der Waals surface area contributed by atoms with Crippen molar-refractivity contribution in [3.63, 3.8) is 0 Å². The number of anilines is 3. The van der Waals surface area contributed by atoms with E-state index < -0.39 is 0 Å². The van der Waals surface area contributed by atoms with Crippen LogP contribution in [0.1, 0.15) is 28.9 Å². The van der Waals surface area contributed by atoms with E-state index in [-0.39, 0.29) is 6.61 Å². The summed E-state index contributed by atoms with van der Waals surface area (Å²) in [5, 5.41) is 13.1. The monoisotopic (exact) mass is 662 g/mol. The Hall–Kier alpha value is -5.33. The topological polar surface area (TPSA) is 131 Å². The summed E-state index contributed by atoms with van der Waals surface area (Å²) in [6, 6.07) is 21.8. The lowest BCUT2D eigenvalue weighted by Gasteiger charge is -2.24. The third kappa shape index (κ3) is 8.59. The van der Waals surface area contributed by atoms with Gasteiger partial charge in [-0.05, 0) is 78.9 Å². The first kappa shape index (κ1) is 33.6. The standard InChI is InChI=1S/C37H42N8O4/c1-25-40-36(43-37(41-25)45(22-26-5-10-31(47-2)11-6-26)23-27-7-12-32(48-3)13-8-27)33-17-29(21-44-16-15-28(20-44)24-46)18-39-35(33)42-30-9-14-34(49-4)38-19-30/h5-14,17-19,28,46H,15-16,20-24H2,1-4H3,(H,39,42)/t28-/m1/s1. The van der Waals surface area contributed by atoms with Crippen LogP contribution in [0.3, 0.4) is 0 Å². The van der Waals surface area contributed by atoms with Gasteiger partial charge in [0.25, 0.3) is 0 Å². The molecule has 1 saturated heterocycles. The highest BCUT2D eigenvalue weighted by Crippen LogP contribution is 2.31. The van der Waals surface area contributed by atoms with Crippen LogP contribution in [-0.4, -0.2) is 76.0 Å². The molecule has 4 heterocycles. The molecule has 0 saturated carbocycles. The maximum Gasteiger partial charge on any atom is 0.229 e. The first-order chi connectivity index (χ1) is 23.9. The fourth-order valence-electron chi connectivity index (χ4n) is 5.87. The number of aliphatic hydroxyl groups excluding tert-OH is 1. The van der Waals surface area contributed by atoms with Gasteiger partial charge in [0.2, 0.25) is 11.8 Å². The van der Waals surface area contributed by atoms with Gasteiger partial charge in [0, 0.05) is 45.0 Å². The highest BCUT2D eigenvalue weighted by molar-refractivity contribution is 5.75. The molecule has 0 unspecified atom stereocenters. The number of aryl methyl sites for hydroxylation is 1. The molecule has 254 valence electrons. The normalized spacial score (nSPS) is 14.4. The molecule has 0 aliphatic carbocycles. The minimum atomic E-state index is 0.204. The van der Waals surface area contributed by atoms with Crippen molar-refractivity contribution < 1.29 is 19.3 Å². The maximum absolute atomic E-state index is 9.68. The van der Waals surface area contributed by atoms with Crippen molar-refractivity contribution in [1.29, 1.82) is 0 Å². The lowest BCUT2D eigenvalue weighted by atomic mass is 10.1. The zero-order valence-corrected chi connectivity index (χ0v) is 28.3. The fraction of sp³-hybridized carbons (Fsp3) is 0.324. The summed E-state index contributed by atoms with van der Waals surface area (Å²) in [4.78, 5) is 28.4. The molecule has 0 spiro atoms. The SMILES string of the molecule is COc1ccc(CN(Cc2ccc(OC)cc2)c2nc(C)nc(-c3cc(CN4CC[C@@H](CO)C4)cnc3Nc3ccc(OC)nc3)n2)cc1. The number of hydrogen-bond donors (Lipinski definition) is 2. The van der Waals surface area contributed by atoms with Gasteiger partial charge in [-0.3, -0.25) is 4.90 Å². The van der Waals surface area contributed by atoms with E-state index in [1.807, 2.05) is 67.7 Å². The van der Waals surface area contributed by atoms with E-state index in [4.69, 9.17) is 34.1 Å². The Balaban J connectivity index is 1.38. The first-order valence-corrected chi connectivity index (χ1v) is 16.3. The number of aromatic nitrogens is 5. The average molecular weight is 663 g/mol. The van der Waals surface area contributed by atoms with Crippen LogP contribution >= 0.6 is 0 Å². The molecule has 6 rings (SSSR count). The van der Waals surface area contributed by atoms with E-state index in [1.54, 1.807) is 33.6 Å². The van der Waals surface area contributed by atoms with E-state index in [2.05, 4.69) is 26.2 Å². The largest absolute Gasteiger partial charge is 0.497 e. The summed E-state index contributed by atoms with van der Waals surface area (Å²) in [5.41, 5.74) is 4.68. The van der Waals surface area contributed by atoms with Crippen LogP contribution in [0.15, 0.2) is 79.1 Å². The molecule has 1 aliphatic heterocycles. The summed E-state index contributed by atoms with van der Waals surface area (Å²) >= 11 is 0. The number of methoxy groups -OCH3 is 3. The third-order valence-electron chi connectivity index (χ3n) is 8.51. The lowest BCUT2D eigenvalue weighted by Crippen LogP contribution is -2.25. The predicted molar refractivity (Wildman–Crippen MR) is 188 cm³/mol. The summed E-state index contributed by atoms with van der Waals surface area (Å²) in [6.45, 7) is 5.68. The molecule has 3 aromatic heterocycles. The Morgan fingerprint density at radius 1 is 0.816 bits per heavy atom. The minimum Gasteiger partial charge on any atom is -0.497 e. The molecule has 1 aliphatic rings. The second-order valence-corrected chi connectivity index (χ2v) is 12.1. The zero-order valence-electron chi connectivity index (χ0n) is 28.3. The minimum absolute atomic E-state index is 0.204. The molecule has 0 amide bonds. The number of likely N-dealkylation sites (tertiary alicyclic amines) is 1. The average Bonchev–Trinajstić information content (AvgIpc) is 3.60. The molecule has 2 N–H and O–H groups in total. The zero-order chi connectivity index (χ0) is 34.2. The molecule has 12 heteroatoms. The summed E-state index contributed by atoms with van der Waals surface area (Å²) in [5.74, 6) is 4.64. The summed E-state index contributed by atoms with van der Waals surface area (Å²) in [7, 11) is 4.91. The molecule has 49 heavy (non-hydrogen) atoms. The van der Waals surface area contributed by atoms with Crippen LogP contribution in [0.5, 0.6) is 17.4 Å². The summed E-state index contributed by atoms with van der Waals surface area (Å²) in [6.07, 6.45) is 4.56. The lowest BCUT2D eigenvalue weighted by molar-refractivity contribution is 0.220. The Morgan fingerprint density at radius 3 is 2.08 bits per heavy atom. The Morgan fingerprint density at radius 2 is 1.51 bits per heavy atom. The molecule has 2 aromatic carbocycles. The Bertz CT molecular complexity index is 1770. The van der Waals surface area contributed by atoms with Crippen LogP contribution in [0, 0.1) is 12.8 Å². The quantitative estimate of drug-likeness (QED) is 0.157. The molecule has 1 atom stereocenters. The number of benzene rings is 2. The van der Waals surface area contributed by atoms with Crippen molar-refractivity contribution in [3.05, 3.63) is 102 Å². The second-order valence-electron chi connectivity index (χ2n) is 12.1. The molecule has 12 nitrogen and oxygen atoms in total. The number of nitrogens with zero attached hydrogens (tertiary/aromatic N) is 7. The van der Waals surface area contributed by atoms with Crippen molar-refractivity contribution in [2.24, 2.45) is 5.92 Å². The van der Waals surface area contributed by atoms with Crippen LogP contribution in [0.4, 0.5) is 17.5 Å². The maximum atomic E-state index is 9.68. The van der Waals surface area contributed by atoms with E-state index in [9.17, 15) is 5.11 Å². The van der Waals surface area contributed by atoms with E-state index in [1.165, 1.54) is 0 Å². The van der Waals surface area contributed by atoms with Gasteiger partial charge in [0.1, 0.15) is 23.1 Å². The molecule has 1 fully saturated rings. The highest BCUT2D eigenvalue weighted by Gasteiger charge is 2.23. The third-order valence-corrected chi connectivity index (χ3v) is 8.51. The number of rotatable bonds is 14. The number of nitrogens with one attached hydrogen (secondary N) is 1. The van der Waals surface area contributed by atoms with Crippen LogP contribution < -0.4 is 24.4 Å². The smallest absolute Gasteiger partial charge is 0.229 e. The number of aliphatic hydroxyl groups is 1. The Labute approximate surface area is 286 Å². The van der Waals surface area contributed by atoms with Crippen molar-refractivity contribution in [2.75, 3.05) is 51.2 Å². The van der Waals surface area contributed by atoms with Crippen LogP contribution in [0.25, 0.3) is 11.4 Å². The van der Waals surface area contributed by atoms with Crippen LogP contribution in [-0.2, 0) is 19.6 Å². The molecular weight excluding hydrogens is 620 g/mol. The number of pyridine rings is 2. The van der Waals surface area contributed by atoms with Gasteiger partial charge in [-0.15, -0.1) is 0 Å². The second kappa shape index (κ2) is 15.7. The van der Waals surface area contributed by atoms with Crippen molar-refractivity contribution in [3.8, 4) is 28.8 Å². The van der Waals surface area contributed by atoms with E-state index in [0.29, 0.717) is 54.8 Å². The summed E-state index contributed by atoms with van der Waals surface area (Å²) < 4.78 is 16.0. The number of hydrogen-bond acceptors (Lipinski definition) is 12. The predicted octanol–water partition coefficient (Wildman–Crippen LogP) is 5.43.